The van der Waals surface area contributed by atoms with Crippen molar-refractivity contribution >= 4 is 41.5 Å². The maximum absolute atomic E-state index is 5.97. The second kappa shape index (κ2) is 9.45. The van der Waals surface area contributed by atoms with Crippen LogP contribution in [0.2, 0.25) is 5.02 Å². The summed E-state index contributed by atoms with van der Waals surface area (Å²) in [5.74, 6) is 0.911. The maximum Gasteiger partial charge on any atom is 0.191 e. The molecule has 112 valence electrons. The molecule has 0 spiro atoms. The van der Waals surface area contributed by atoms with Gasteiger partial charge in [-0.15, -0.1) is 24.0 Å². The van der Waals surface area contributed by atoms with E-state index >= 15 is 0 Å². The number of aliphatic imine (C=N–C) groups is 1. The van der Waals surface area contributed by atoms with Gasteiger partial charge in [-0.25, -0.2) is 0 Å². The summed E-state index contributed by atoms with van der Waals surface area (Å²) >= 11 is 5.97. The summed E-state index contributed by atoms with van der Waals surface area (Å²) < 4.78 is 0. The molecule has 2 N–H and O–H groups in total. The number of benzene rings is 1. The van der Waals surface area contributed by atoms with E-state index in [0.29, 0.717) is 6.04 Å². The summed E-state index contributed by atoms with van der Waals surface area (Å²) in [6.45, 7) is 0.868. The van der Waals surface area contributed by atoms with Crippen LogP contribution >= 0.6 is 35.6 Å². The van der Waals surface area contributed by atoms with Crippen LogP contribution in [0.15, 0.2) is 29.3 Å². The first-order chi connectivity index (χ1) is 9.28. The third kappa shape index (κ3) is 5.87. The van der Waals surface area contributed by atoms with Gasteiger partial charge in [0.25, 0.3) is 0 Å². The number of halogens is 2. The minimum Gasteiger partial charge on any atom is -0.356 e. The highest BCUT2D eigenvalue weighted by Gasteiger charge is 2.15. The highest BCUT2D eigenvalue weighted by atomic mass is 127. The van der Waals surface area contributed by atoms with Crippen molar-refractivity contribution in [2.75, 3.05) is 13.6 Å². The van der Waals surface area contributed by atoms with Crippen LogP contribution in [-0.2, 0) is 6.42 Å². The van der Waals surface area contributed by atoms with Gasteiger partial charge in [-0.05, 0) is 37.0 Å². The number of rotatable bonds is 4. The van der Waals surface area contributed by atoms with Crippen LogP contribution in [0.1, 0.15) is 31.2 Å². The van der Waals surface area contributed by atoms with Gasteiger partial charge in [-0.2, -0.15) is 0 Å². The van der Waals surface area contributed by atoms with Crippen LogP contribution in [0.4, 0.5) is 0 Å². The van der Waals surface area contributed by atoms with Gasteiger partial charge in [-0.1, -0.05) is 36.6 Å². The normalized spacial score (nSPS) is 15.8. The fourth-order valence-corrected chi connectivity index (χ4v) is 2.69. The Kier molecular flexibility index (Phi) is 8.30. The number of hydrogen-bond acceptors (Lipinski definition) is 1. The van der Waals surface area contributed by atoms with Crippen molar-refractivity contribution in [2.45, 2.75) is 38.1 Å². The Morgan fingerprint density at radius 3 is 2.75 bits per heavy atom. The summed E-state index contributed by atoms with van der Waals surface area (Å²) in [4.78, 5) is 4.27. The average molecular weight is 408 g/mol. The third-order valence-electron chi connectivity index (χ3n) is 3.51. The molecular weight excluding hydrogens is 385 g/mol. The molecule has 1 aromatic carbocycles. The van der Waals surface area contributed by atoms with Gasteiger partial charge in [0.2, 0.25) is 0 Å². The SMILES string of the molecule is CN=C(NCCc1cccc(Cl)c1)NC1CCCC1.I. The second-order valence-electron chi connectivity index (χ2n) is 5.00. The number of nitrogens with one attached hydrogen (secondary N) is 2. The van der Waals surface area contributed by atoms with E-state index in [9.17, 15) is 0 Å². The number of guanidine groups is 1. The van der Waals surface area contributed by atoms with Crippen molar-refractivity contribution in [1.82, 2.24) is 10.6 Å². The summed E-state index contributed by atoms with van der Waals surface area (Å²) in [6.07, 6.45) is 6.13. The van der Waals surface area contributed by atoms with Crippen LogP contribution in [-0.4, -0.2) is 25.6 Å². The highest BCUT2D eigenvalue weighted by Crippen LogP contribution is 2.17. The molecule has 0 atom stereocenters. The lowest BCUT2D eigenvalue weighted by atomic mass is 10.1. The average Bonchev–Trinajstić information content (AvgIpc) is 2.90. The molecule has 1 aliphatic rings. The molecule has 1 aromatic rings. The van der Waals surface area contributed by atoms with Crippen molar-refractivity contribution in [1.29, 1.82) is 0 Å². The van der Waals surface area contributed by atoms with Crippen molar-refractivity contribution < 1.29 is 0 Å². The summed E-state index contributed by atoms with van der Waals surface area (Å²) in [5, 5.41) is 7.63. The van der Waals surface area contributed by atoms with Gasteiger partial charge < -0.3 is 10.6 Å². The number of hydrogen-bond donors (Lipinski definition) is 2. The first-order valence-corrected chi connectivity index (χ1v) is 7.37. The van der Waals surface area contributed by atoms with E-state index in [1.54, 1.807) is 0 Å². The fraction of sp³-hybridized carbons (Fsp3) is 0.533. The zero-order valence-electron chi connectivity index (χ0n) is 11.9. The highest BCUT2D eigenvalue weighted by molar-refractivity contribution is 14.0. The first-order valence-electron chi connectivity index (χ1n) is 6.99. The van der Waals surface area contributed by atoms with Gasteiger partial charge in [-0.3, -0.25) is 4.99 Å². The molecule has 0 radical (unpaired) electrons. The van der Waals surface area contributed by atoms with E-state index in [1.165, 1.54) is 31.2 Å². The lowest BCUT2D eigenvalue weighted by molar-refractivity contribution is 0.613. The molecule has 1 aliphatic carbocycles. The largest absolute Gasteiger partial charge is 0.356 e. The maximum atomic E-state index is 5.97. The van der Waals surface area contributed by atoms with Gasteiger partial charge >= 0.3 is 0 Å². The van der Waals surface area contributed by atoms with Crippen molar-refractivity contribution in [3.63, 3.8) is 0 Å². The zero-order chi connectivity index (χ0) is 13.5. The lowest BCUT2D eigenvalue weighted by Gasteiger charge is -2.16. The molecule has 0 aliphatic heterocycles. The second-order valence-corrected chi connectivity index (χ2v) is 5.44. The Morgan fingerprint density at radius 1 is 1.35 bits per heavy atom. The molecule has 3 nitrogen and oxygen atoms in total. The molecule has 0 saturated heterocycles. The van der Waals surface area contributed by atoms with Gasteiger partial charge in [0.15, 0.2) is 5.96 Å². The van der Waals surface area contributed by atoms with Crippen LogP contribution in [0.3, 0.4) is 0 Å². The molecule has 0 heterocycles. The zero-order valence-corrected chi connectivity index (χ0v) is 14.9. The van der Waals surface area contributed by atoms with E-state index in [0.717, 1.165) is 23.9 Å². The summed E-state index contributed by atoms with van der Waals surface area (Å²) in [6, 6.07) is 8.59. The molecule has 1 fully saturated rings. The molecule has 0 aromatic heterocycles. The molecule has 1 saturated carbocycles. The fourth-order valence-electron chi connectivity index (χ4n) is 2.48. The first kappa shape index (κ1) is 17.6. The predicted molar refractivity (Wildman–Crippen MR) is 97.3 cm³/mol. The van der Waals surface area contributed by atoms with Gasteiger partial charge in [0.1, 0.15) is 0 Å². The minimum absolute atomic E-state index is 0. The van der Waals surface area contributed by atoms with Gasteiger partial charge in [0.05, 0.1) is 0 Å². The molecule has 0 unspecified atom stereocenters. The monoisotopic (exact) mass is 407 g/mol. The molecular formula is C15H23ClIN3. The van der Waals surface area contributed by atoms with Crippen LogP contribution in [0.5, 0.6) is 0 Å². The summed E-state index contributed by atoms with van der Waals surface area (Å²) in [5.41, 5.74) is 1.25. The Balaban J connectivity index is 0.00000200. The van der Waals surface area contributed by atoms with Crippen molar-refractivity contribution in [2.24, 2.45) is 4.99 Å². The standard InChI is InChI=1S/C15H22ClN3.HI/c1-17-15(19-14-7-2-3-8-14)18-10-9-12-5-4-6-13(16)11-12;/h4-6,11,14H,2-3,7-10H2,1H3,(H2,17,18,19);1H. The van der Waals surface area contributed by atoms with Gasteiger partial charge in [0, 0.05) is 24.7 Å². The predicted octanol–water partition coefficient (Wildman–Crippen LogP) is 3.61. The number of nitrogens with zero attached hydrogens (tertiary/aromatic N) is 1. The summed E-state index contributed by atoms with van der Waals surface area (Å²) in [7, 11) is 1.82. The lowest BCUT2D eigenvalue weighted by Crippen LogP contribution is -2.42. The van der Waals surface area contributed by atoms with Crippen molar-refractivity contribution in [3.8, 4) is 0 Å². The van der Waals surface area contributed by atoms with E-state index in [2.05, 4.69) is 21.7 Å². The van der Waals surface area contributed by atoms with E-state index in [1.807, 2.05) is 25.2 Å². The minimum atomic E-state index is 0. The third-order valence-corrected chi connectivity index (χ3v) is 3.75. The van der Waals surface area contributed by atoms with E-state index in [-0.39, 0.29) is 24.0 Å². The molecule has 0 amide bonds. The Labute approximate surface area is 143 Å². The van der Waals surface area contributed by atoms with Crippen LogP contribution in [0.25, 0.3) is 0 Å². The smallest absolute Gasteiger partial charge is 0.191 e. The Morgan fingerprint density at radius 2 is 2.10 bits per heavy atom. The van der Waals surface area contributed by atoms with E-state index < -0.39 is 0 Å². The quantitative estimate of drug-likeness (QED) is 0.454. The van der Waals surface area contributed by atoms with Crippen LogP contribution in [0, 0.1) is 0 Å². The topological polar surface area (TPSA) is 36.4 Å². The van der Waals surface area contributed by atoms with E-state index in [4.69, 9.17) is 11.6 Å². The van der Waals surface area contributed by atoms with Crippen molar-refractivity contribution in [3.05, 3.63) is 34.9 Å². The molecule has 20 heavy (non-hydrogen) atoms. The molecule has 2 rings (SSSR count). The Hall–Kier alpha value is -0.490. The molecule has 5 heteroatoms. The van der Waals surface area contributed by atoms with Crippen LogP contribution < -0.4 is 10.6 Å². The molecule has 0 bridgehead atoms. The Bertz CT molecular complexity index is 431.